The van der Waals surface area contributed by atoms with Gasteiger partial charge in [-0.2, -0.15) is 0 Å². The number of allylic oxidation sites excluding steroid dienone is 1. The molecule has 0 radical (unpaired) electrons. The Kier molecular flexibility index (Phi) is 5.19. The monoisotopic (exact) mass is 212 g/mol. The molecule has 0 heterocycles. The Bertz CT molecular complexity index is 209. The van der Waals surface area contributed by atoms with E-state index in [-0.39, 0.29) is 5.41 Å². The van der Waals surface area contributed by atoms with Gasteiger partial charge in [-0.3, -0.25) is 0 Å². The Morgan fingerprint density at radius 1 is 1.13 bits per heavy atom. The fourth-order valence-electron chi connectivity index (χ4n) is 1.18. The van der Waals surface area contributed by atoms with Crippen LogP contribution >= 0.6 is 0 Å². The predicted octanol–water partition coefficient (Wildman–Crippen LogP) is 3.12. The molecule has 0 aromatic heterocycles. The van der Waals surface area contributed by atoms with Crippen LogP contribution in [0, 0.1) is 10.8 Å². The molecule has 2 heteroatoms. The molecule has 0 aliphatic heterocycles. The summed E-state index contributed by atoms with van der Waals surface area (Å²) in [5, 5.41) is 6.67. The molecule has 0 unspecified atom stereocenters. The SMILES string of the molecule is CCC(C)(C)/C(=C/NC)NCC(C)(C)C. The molecule has 0 aromatic carbocycles. The zero-order valence-electron chi connectivity index (χ0n) is 11.5. The van der Waals surface area contributed by atoms with Crippen LogP contribution in [0.15, 0.2) is 11.9 Å². The molecule has 0 aliphatic carbocycles. The third-order valence-electron chi connectivity index (χ3n) is 2.71. The molecule has 15 heavy (non-hydrogen) atoms. The van der Waals surface area contributed by atoms with Gasteiger partial charge in [0.05, 0.1) is 0 Å². The van der Waals surface area contributed by atoms with Crippen molar-refractivity contribution in [1.82, 2.24) is 10.6 Å². The Labute approximate surface area is 95.5 Å². The van der Waals surface area contributed by atoms with E-state index >= 15 is 0 Å². The Hall–Kier alpha value is -0.660. The normalized spacial score (nSPS) is 13.9. The third-order valence-corrected chi connectivity index (χ3v) is 2.71. The lowest BCUT2D eigenvalue weighted by Crippen LogP contribution is -2.33. The molecule has 0 saturated carbocycles. The van der Waals surface area contributed by atoms with Gasteiger partial charge in [-0.1, -0.05) is 41.5 Å². The molecule has 0 aromatic rings. The summed E-state index contributed by atoms with van der Waals surface area (Å²) >= 11 is 0. The average molecular weight is 212 g/mol. The Morgan fingerprint density at radius 3 is 2.00 bits per heavy atom. The summed E-state index contributed by atoms with van der Waals surface area (Å²) in [7, 11) is 1.95. The van der Waals surface area contributed by atoms with Crippen LogP contribution < -0.4 is 10.6 Å². The first-order valence-electron chi connectivity index (χ1n) is 5.85. The quantitative estimate of drug-likeness (QED) is 0.731. The minimum Gasteiger partial charge on any atom is -0.393 e. The topological polar surface area (TPSA) is 24.1 Å². The van der Waals surface area contributed by atoms with Crippen LogP contribution in [0.5, 0.6) is 0 Å². The van der Waals surface area contributed by atoms with Crippen molar-refractivity contribution in [2.24, 2.45) is 10.8 Å². The van der Waals surface area contributed by atoms with Gasteiger partial charge in [0.25, 0.3) is 0 Å². The first-order chi connectivity index (χ1) is 6.73. The van der Waals surface area contributed by atoms with Gasteiger partial charge in [-0.05, 0) is 11.8 Å². The number of nitrogens with one attached hydrogen (secondary N) is 2. The molecular formula is C13H28N2. The van der Waals surface area contributed by atoms with Gasteiger partial charge < -0.3 is 10.6 Å². The summed E-state index contributed by atoms with van der Waals surface area (Å²) in [5.74, 6) is 0. The molecular weight excluding hydrogens is 184 g/mol. The molecule has 0 spiro atoms. The number of rotatable bonds is 5. The third kappa shape index (κ3) is 5.71. The minimum atomic E-state index is 0.217. The van der Waals surface area contributed by atoms with E-state index in [1.807, 2.05) is 7.05 Å². The highest BCUT2D eigenvalue weighted by molar-refractivity contribution is 5.09. The van der Waals surface area contributed by atoms with Crippen molar-refractivity contribution in [3.05, 3.63) is 11.9 Å². The van der Waals surface area contributed by atoms with E-state index in [0.717, 1.165) is 13.0 Å². The van der Waals surface area contributed by atoms with Gasteiger partial charge in [-0.15, -0.1) is 0 Å². The fourth-order valence-corrected chi connectivity index (χ4v) is 1.18. The molecule has 0 bridgehead atoms. The maximum absolute atomic E-state index is 3.55. The zero-order chi connectivity index (χ0) is 12.1. The molecule has 0 saturated heterocycles. The van der Waals surface area contributed by atoms with Crippen LogP contribution in [0.3, 0.4) is 0 Å². The summed E-state index contributed by atoms with van der Waals surface area (Å²) in [5.41, 5.74) is 1.83. The maximum Gasteiger partial charge on any atom is 0.0323 e. The lowest BCUT2D eigenvalue weighted by Gasteiger charge is -2.30. The van der Waals surface area contributed by atoms with E-state index in [9.17, 15) is 0 Å². The maximum atomic E-state index is 3.55. The van der Waals surface area contributed by atoms with Gasteiger partial charge in [0.2, 0.25) is 0 Å². The van der Waals surface area contributed by atoms with Crippen LogP contribution in [0.2, 0.25) is 0 Å². The lowest BCUT2D eigenvalue weighted by molar-refractivity contribution is 0.344. The smallest absolute Gasteiger partial charge is 0.0323 e. The van der Waals surface area contributed by atoms with Crippen molar-refractivity contribution in [1.29, 1.82) is 0 Å². The average Bonchev–Trinajstić information content (AvgIpc) is 2.10. The molecule has 2 nitrogen and oxygen atoms in total. The molecule has 0 amide bonds. The highest BCUT2D eigenvalue weighted by Gasteiger charge is 2.22. The number of hydrogen-bond donors (Lipinski definition) is 2. The van der Waals surface area contributed by atoms with Crippen LogP contribution in [0.4, 0.5) is 0 Å². The molecule has 90 valence electrons. The second-order valence-corrected chi connectivity index (χ2v) is 6.00. The molecule has 0 atom stereocenters. The van der Waals surface area contributed by atoms with Gasteiger partial charge in [0.1, 0.15) is 0 Å². The van der Waals surface area contributed by atoms with E-state index in [1.54, 1.807) is 0 Å². The van der Waals surface area contributed by atoms with Crippen molar-refractivity contribution >= 4 is 0 Å². The summed E-state index contributed by atoms with van der Waals surface area (Å²) < 4.78 is 0. The van der Waals surface area contributed by atoms with Crippen LogP contribution in [-0.2, 0) is 0 Å². The first-order valence-corrected chi connectivity index (χ1v) is 5.85. The standard InChI is InChI=1S/C13H28N2/c1-8-13(5,6)11(9-14-7)15-10-12(2,3)4/h9,14-15H,8,10H2,1-7H3/b11-9-. The molecule has 0 aliphatic rings. The summed E-state index contributed by atoms with van der Waals surface area (Å²) in [6.07, 6.45) is 3.22. The van der Waals surface area contributed by atoms with E-state index < -0.39 is 0 Å². The van der Waals surface area contributed by atoms with Gasteiger partial charge >= 0.3 is 0 Å². The Morgan fingerprint density at radius 2 is 1.67 bits per heavy atom. The second-order valence-electron chi connectivity index (χ2n) is 6.00. The van der Waals surface area contributed by atoms with E-state index in [2.05, 4.69) is 58.4 Å². The second kappa shape index (κ2) is 5.43. The minimum absolute atomic E-state index is 0.217. The summed E-state index contributed by atoms with van der Waals surface area (Å²) in [4.78, 5) is 0. The fraction of sp³-hybridized carbons (Fsp3) is 0.846. The van der Waals surface area contributed by atoms with Gasteiger partial charge in [-0.25, -0.2) is 0 Å². The number of hydrogen-bond acceptors (Lipinski definition) is 2. The van der Waals surface area contributed by atoms with Crippen molar-refractivity contribution in [3.8, 4) is 0 Å². The molecule has 2 N–H and O–H groups in total. The zero-order valence-corrected chi connectivity index (χ0v) is 11.5. The predicted molar refractivity (Wildman–Crippen MR) is 68.7 cm³/mol. The molecule has 0 fully saturated rings. The van der Waals surface area contributed by atoms with Crippen molar-refractivity contribution in [3.63, 3.8) is 0 Å². The van der Waals surface area contributed by atoms with Crippen LogP contribution in [0.1, 0.15) is 48.0 Å². The van der Waals surface area contributed by atoms with Crippen LogP contribution in [-0.4, -0.2) is 13.6 Å². The van der Waals surface area contributed by atoms with Crippen molar-refractivity contribution < 1.29 is 0 Å². The molecule has 0 rings (SSSR count). The van der Waals surface area contributed by atoms with Crippen molar-refractivity contribution in [2.45, 2.75) is 48.0 Å². The highest BCUT2D eigenvalue weighted by Crippen LogP contribution is 2.28. The first kappa shape index (κ1) is 14.3. The van der Waals surface area contributed by atoms with Crippen molar-refractivity contribution in [2.75, 3.05) is 13.6 Å². The summed E-state index contributed by atoms with van der Waals surface area (Å²) in [6.45, 7) is 14.5. The van der Waals surface area contributed by atoms with Gasteiger partial charge in [0.15, 0.2) is 0 Å². The highest BCUT2D eigenvalue weighted by atomic mass is 14.9. The lowest BCUT2D eigenvalue weighted by atomic mass is 9.85. The Balaban J connectivity index is 4.51. The largest absolute Gasteiger partial charge is 0.393 e. The summed E-state index contributed by atoms with van der Waals surface area (Å²) in [6, 6.07) is 0. The van der Waals surface area contributed by atoms with Gasteiger partial charge in [0, 0.05) is 30.9 Å². The van der Waals surface area contributed by atoms with E-state index in [4.69, 9.17) is 0 Å². The van der Waals surface area contributed by atoms with E-state index in [0.29, 0.717) is 5.41 Å². The van der Waals surface area contributed by atoms with Crippen LogP contribution in [0.25, 0.3) is 0 Å². The van der Waals surface area contributed by atoms with E-state index in [1.165, 1.54) is 5.70 Å².